The van der Waals surface area contributed by atoms with Gasteiger partial charge >= 0.3 is 0 Å². The lowest BCUT2D eigenvalue weighted by Crippen LogP contribution is -2.24. The van der Waals surface area contributed by atoms with Gasteiger partial charge in [-0.1, -0.05) is 11.6 Å². The molecule has 6 nitrogen and oxygen atoms in total. The molecule has 0 spiro atoms. The van der Waals surface area contributed by atoms with Crippen LogP contribution in [0.1, 0.15) is 13.0 Å². The number of fused-ring (bicyclic) bond motifs is 1. The van der Waals surface area contributed by atoms with Gasteiger partial charge in [0.05, 0.1) is 23.8 Å². The Morgan fingerprint density at radius 3 is 2.83 bits per heavy atom. The van der Waals surface area contributed by atoms with E-state index in [1.165, 1.54) is 7.11 Å². The van der Waals surface area contributed by atoms with Crippen molar-refractivity contribution in [2.24, 2.45) is 0 Å². The molecule has 1 heterocycles. The first-order valence-corrected chi connectivity index (χ1v) is 7.74. The van der Waals surface area contributed by atoms with Crippen LogP contribution in [0.5, 0.6) is 5.75 Å². The Labute approximate surface area is 144 Å². The second-order valence-electron chi connectivity index (χ2n) is 5.42. The fourth-order valence-electron chi connectivity index (χ4n) is 2.47. The molecule has 0 aliphatic rings. The van der Waals surface area contributed by atoms with Gasteiger partial charge in [-0.05, 0) is 43.3 Å². The third kappa shape index (κ3) is 3.00. The van der Waals surface area contributed by atoms with Crippen molar-refractivity contribution in [1.29, 1.82) is 0 Å². The van der Waals surface area contributed by atoms with Gasteiger partial charge in [-0.2, -0.15) is 5.10 Å². The summed E-state index contributed by atoms with van der Waals surface area (Å²) < 4.78 is 6.75. The summed E-state index contributed by atoms with van der Waals surface area (Å²) in [6, 6.07) is 10.0. The summed E-state index contributed by atoms with van der Waals surface area (Å²) in [6.07, 6.45) is 1.71. The van der Waals surface area contributed by atoms with Gasteiger partial charge in [0.25, 0.3) is 0 Å². The third-order valence-electron chi connectivity index (χ3n) is 3.79. The molecule has 0 fully saturated rings. The van der Waals surface area contributed by atoms with Crippen molar-refractivity contribution in [3.05, 3.63) is 47.6 Å². The third-order valence-corrected chi connectivity index (χ3v) is 4.08. The molecule has 0 saturated heterocycles. The van der Waals surface area contributed by atoms with E-state index in [0.29, 0.717) is 22.1 Å². The first-order valence-electron chi connectivity index (χ1n) is 7.36. The van der Waals surface area contributed by atoms with E-state index in [1.54, 1.807) is 48.1 Å². The van der Waals surface area contributed by atoms with Crippen LogP contribution in [-0.2, 0) is 4.79 Å². The highest BCUT2D eigenvalue weighted by Crippen LogP contribution is 2.28. The molecule has 24 heavy (non-hydrogen) atoms. The van der Waals surface area contributed by atoms with Crippen molar-refractivity contribution in [1.82, 2.24) is 9.78 Å². The van der Waals surface area contributed by atoms with Gasteiger partial charge in [0, 0.05) is 16.8 Å². The van der Waals surface area contributed by atoms with Gasteiger partial charge in [-0.3, -0.25) is 9.48 Å². The predicted octanol–water partition coefficient (Wildman–Crippen LogP) is 3.48. The van der Waals surface area contributed by atoms with Gasteiger partial charge in [0.1, 0.15) is 11.8 Å². The molecule has 1 aromatic heterocycles. The van der Waals surface area contributed by atoms with Crippen molar-refractivity contribution >= 4 is 39.8 Å². The topological polar surface area (TPSA) is 82.2 Å². The van der Waals surface area contributed by atoms with Crippen LogP contribution in [0.4, 0.5) is 11.4 Å². The molecule has 2 aromatic carbocycles. The molecule has 3 N–H and O–H groups in total. The lowest BCUT2D eigenvalue weighted by atomic mass is 10.2. The van der Waals surface area contributed by atoms with Crippen LogP contribution in [0.15, 0.2) is 42.6 Å². The van der Waals surface area contributed by atoms with E-state index < -0.39 is 6.04 Å². The maximum atomic E-state index is 12.5. The molecule has 0 saturated carbocycles. The van der Waals surface area contributed by atoms with Crippen LogP contribution in [0.25, 0.3) is 10.9 Å². The Morgan fingerprint density at radius 2 is 2.12 bits per heavy atom. The van der Waals surface area contributed by atoms with Crippen LogP contribution in [0.3, 0.4) is 0 Å². The maximum Gasteiger partial charge on any atom is 0.248 e. The molecular formula is C17H17ClN4O2. The lowest BCUT2D eigenvalue weighted by Gasteiger charge is -2.15. The van der Waals surface area contributed by atoms with Crippen molar-refractivity contribution < 1.29 is 9.53 Å². The number of nitrogens with two attached hydrogens (primary N) is 1. The van der Waals surface area contributed by atoms with Gasteiger partial charge in [-0.25, -0.2) is 0 Å². The zero-order valence-electron chi connectivity index (χ0n) is 13.3. The molecule has 0 bridgehead atoms. The highest BCUT2D eigenvalue weighted by molar-refractivity contribution is 6.32. The Bertz CT molecular complexity index is 907. The molecule has 124 valence electrons. The number of rotatable bonds is 4. The number of benzene rings is 2. The lowest BCUT2D eigenvalue weighted by molar-refractivity contribution is -0.118. The van der Waals surface area contributed by atoms with Gasteiger partial charge in [0.15, 0.2) is 0 Å². The second-order valence-corrected chi connectivity index (χ2v) is 5.83. The second kappa shape index (κ2) is 6.41. The van der Waals surface area contributed by atoms with Gasteiger partial charge < -0.3 is 15.8 Å². The van der Waals surface area contributed by atoms with E-state index in [2.05, 4.69) is 10.4 Å². The van der Waals surface area contributed by atoms with Gasteiger partial charge in [0.2, 0.25) is 5.91 Å². The number of nitrogens with zero attached hydrogens (tertiary/aromatic N) is 2. The van der Waals surface area contributed by atoms with Crippen LogP contribution >= 0.6 is 11.6 Å². The quantitative estimate of drug-likeness (QED) is 0.710. The summed E-state index contributed by atoms with van der Waals surface area (Å²) in [7, 11) is 1.54. The first kappa shape index (κ1) is 16.1. The highest BCUT2D eigenvalue weighted by atomic mass is 35.5. The Balaban J connectivity index is 1.83. The van der Waals surface area contributed by atoms with E-state index in [0.717, 1.165) is 10.9 Å². The molecule has 3 rings (SSSR count). The Kier molecular flexibility index (Phi) is 4.31. The predicted molar refractivity (Wildman–Crippen MR) is 95.5 cm³/mol. The molecule has 0 aliphatic heterocycles. The standard InChI is InChI=1S/C17H17ClN4O2/c1-10(22-15-7-12(19)4-3-11(15)9-20-22)17(23)21-13-5-6-16(24-2)14(18)8-13/h3-10H,19H2,1-2H3,(H,21,23). The number of carbonyl (C=O) groups is 1. The number of carbonyl (C=O) groups excluding carboxylic acids is 1. The van der Waals surface area contributed by atoms with E-state index in [9.17, 15) is 4.79 Å². The minimum atomic E-state index is -0.509. The van der Waals surface area contributed by atoms with Crippen molar-refractivity contribution in [3.63, 3.8) is 0 Å². The summed E-state index contributed by atoms with van der Waals surface area (Å²) in [5.41, 5.74) is 7.85. The number of halogens is 1. The monoisotopic (exact) mass is 344 g/mol. The molecule has 0 radical (unpaired) electrons. The number of ether oxygens (including phenoxy) is 1. The zero-order chi connectivity index (χ0) is 17.3. The molecule has 1 amide bonds. The number of anilines is 2. The average Bonchev–Trinajstić information content (AvgIpc) is 2.97. The van der Waals surface area contributed by atoms with Crippen molar-refractivity contribution in [2.75, 3.05) is 18.2 Å². The zero-order valence-corrected chi connectivity index (χ0v) is 14.0. The molecule has 1 atom stereocenters. The molecule has 3 aromatic rings. The molecule has 7 heteroatoms. The van der Waals surface area contributed by atoms with Crippen LogP contribution < -0.4 is 15.8 Å². The number of hydrogen-bond donors (Lipinski definition) is 2. The number of aromatic nitrogens is 2. The highest BCUT2D eigenvalue weighted by Gasteiger charge is 2.18. The smallest absolute Gasteiger partial charge is 0.248 e. The van der Waals surface area contributed by atoms with Crippen molar-refractivity contribution in [2.45, 2.75) is 13.0 Å². The van der Waals surface area contributed by atoms with Gasteiger partial charge in [-0.15, -0.1) is 0 Å². The summed E-state index contributed by atoms with van der Waals surface area (Å²) in [4.78, 5) is 12.5. The normalized spacial score (nSPS) is 12.1. The number of hydrogen-bond acceptors (Lipinski definition) is 4. The Morgan fingerprint density at radius 1 is 1.33 bits per heavy atom. The fourth-order valence-corrected chi connectivity index (χ4v) is 2.72. The van der Waals surface area contributed by atoms with E-state index in [1.807, 2.05) is 6.07 Å². The maximum absolute atomic E-state index is 12.5. The van der Waals surface area contributed by atoms with E-state index in [-0.39, 0.29) is 5.91 Å². The number of methoxy groups -OCH3 is 1. The number of nitrogens with one attached hydrogen (secondary N) is 1. The summed E-state index contributed by atoms with van der Waals surface area (Å²) in [5.74, 6) is 0.347. The van der Waals surface area contributed by atoms with Crippen LogP contribution in [-0.4, -0.2) is 22.8 Å². The van der Waals surface area contributed by atoms with Crippen LogP contribution in [0.2, 0.25) is 5.02 Å². The minimum Gasteiger partial charge on any atom is -0.495 e. The van der Waals surface area contributed by atoms with Crippen molar-refractivity contribution in [3.8, 4) is 5.75 Å². The first-order chi connectivity index (χ1) is 11.5. The molecule has 0 aliphatic carbocycles. The van der Waals surface area contributed by atoms with E-state index in [4.69, 9.17) is 22.1 Å². The molecular weight excluding hydrogens is 328 g/mol. The summed E-state index contributed by atoms with van der Waals surface area (Å²) in [6.45, 7) is 1.77. The SMILES string of the molecule is COc1ccc(NC(=O)C(C)n2ncc3ccc(N)cc32)cc1Cl. The Hall–Kier alpha value is -2.73. The summed E-state index contributed by atoms with van der Waals surface area (Å²) in [5, 5.41) is 8.49. The largest absolute Gasteiger partial charge is 0.495 e. The fraction of sp³-hybridized carbons (Fsp3) is 0.176. The number of amides is 1. The average molecular weight is 345 g/mol. The number of nitrogen functional groups attached to an aromatic ring is 1. The van der Waals surface area contributed by atoms with E-state index >= 15 is 0 Å². The summed E-state index contributed by atoms with van der Waals surface area (Å²) >= 11 is 6.08. The minimum absolute atomic E-state index is 0.205. The molecule has 1 unspecified atom stereocenters. The van der Waals surface area contributed by atoms with Crippen LogP contribution in [0, 0.1) is 0 Å².